The normalized spacial score (nSPS) is 19.4. The number of halogens is 6. The highest BCUT2D eigenvalue weighted by Gasteiger charge is 2.42. The summed E-state index contributed by atoms with van der Waals surface area (Å²) in [7, 11) is 1.98. The number of hydrogen-bond donors (Lipinski definition) is 2. The van der Waals surface area contributed by atoms with E-state index in [4.69, 9.17) is 25.1 Å². The summed E-state index contributed by atoms with van der Waals surface area (Å²) in [6.07, 6.45) is -3.59. The number of carboxylic acid groups (broad SMARTS) is 2. The van der Waals surface area contributed by atoms with Gasteiger partial charge in [0.2, 0.25) is 0 Å². The molecule has 1 aromatic heterocycles. The van der Waals surface area contributed by atoms with E-state index in [-0.39, 0.29) is 0 Å². The lowest BCUT2D eigenvalue weighted by Crippen LogP contribution is -2.35. The lowest BCUT2D eigenvalue weighted by atomic mass is 10.1. The molecule has 2 fully saturated rings. The number of likely N-dealkylation sites (tertiary alicyclic amines) is 2. The molecule has 2 atom stereocenters. The maximum atomic E-state index is 10.6. The first-order valence-electron chi connectivity index (χ1n) is 11.2. The predicted octanol–water partition coefficient (Wildman–Crippen LogP) is 3.41. The first kappa shape index (κ1) is 30.6. The van der Waals surface area contributed by atoms with Crippen LogP contribution < -0.4 is 0 Å². The highest BCUT2D eigenvalue weighted by Crippen LogP contribution is 2.33. The van der Waals surface area contributed by atoms with Crippen molar-refractivity contribution in [1.29, 1.82) is 5.26 Å². The predicted molar refractivity (Wildman–Crippen MR) is 119 cm³/mol. The Morgan fingerprint density at radius 2 is 1.45 bits per heavy atom. The van der Waals surface area contributed by atoms with E-state index >= 15 is 0 Å². The van der Waals surface area contributed by atoms with E-state index in [9.17, 15) is 26.3 Å². The summed E-state index contributed by atoms with van der Waals surface area (Å²) in [5.41, 5.74) is 3.31. The Morgan fingerprint density at radius 3 is 1.84 bits per heavy atom. The quantitative estimate of drug-likeness (QED) is 0.557. The van der Waals surface area contributed by atoms with Crippen LogP contribution in [0.3, 0.4) is 0 Å². The van der Waals surface area contributed by atoms with Gasteiger partial charge in [0.1, 0.15) is 0 Å². The fourth-order valence-corrected chi connectivity index (χ4v) is 4.32. The number of nitrogens with zero attached hydrogens (tertiary/aromatic N) is 5. The molecule has 2 aromatic rings. The number of alkyl halides is 6. The van der Waals surface area contributed by atoms with Crippen LogP contribution in [-0.2, 0) is 29.7 Å². The SMILES string of the molecule is Cn1cc(CN2CC[C@@H]3[C@@H]2CCN3Cc2cccc(C#N)c2)cn1.O=C(O)C(F)(F)F.O=C(O)C(F)(F)F. The Morgan fingerprint density at radius 1 is 0.974 bits per heavy atom. The summed E-state index contributed by atoms with van der Waals surface area (Å²) in [6.45, 7) is 4.28. The molecule has 0 amide bonds. The van der Waals surface area contributed by atoms with E-state index < -0.39 is 24.3 Å². The van der Waals surface area contributed by atoms with Crippen LogP contribution in [0.5, 0.6) is 0 Å². The number of rotatable bonds is 4. The number of benzene rings is 1. The number of fused-ring (bicyclic) bond motifs is 1. The van der Waals surface area contributed by atoms with Crippen LogP contribution in [0.2, 0.25) is 0 Å². The Kier molecular flexibility index (Phi) is 10.3. The summed E-state index contributed by atoms with van der Waals surface area (Å²) in [4.78, 5) is 23.0. The highest BCUT2D eigenvalue weighted by molar-refractivity contribution is 5.73. The second kappa shape index (κ2) is 12.7. The molecule has 0 spiro atoms. The molecule has 2 aliphatic heterocycles. The lowest BCUT2D eigenvalue weighted by molar-refractivity contribution is -0.193. The molecule has 0 saturated carbocycles. The second-order valence-electron chi connectivity index (χ2n) is 8.59. The van der Waals surface area contributed by atoms with Crippen LogP contribution in [0.1, 0.15) is 29.5 Å². The molecule has 1 aromatic carbocycles. The van der Waals surface area contributed by atoms with Gasteiger partial charge in [-0.1, -0.05) is 12.1 Å². The fourth-order valence-electron chi connectivity index (χ4n) is 4.32. The molecule has 2 saturated heterocycles. The van der Waals surface area contributed by atoms with Gasteiger partial charge >= 0.3 is 24.3 Å². The third kappa shape index (κ3) is 9.03. The number of carboxylic acids is 2. The minimum absolute atomic E-state index is 0.646. The largest absolute Gasteiger partial charge is 0.490 e. The van der Waals surface area contributed by atoms with E-state index in [0.29, 0.717) is 12.1 Å². The van der Waals surface area contributed by atoms with Gasteiger partial charge < -0.3 is 10.2 Å². The molecule has 0 radical (unpaired) electrons. The van der Waals surface area contributed by atoms with Crippen molar-refractivity contribution in [2.24, 2.45) is 7.05 Å². The standard InChI is InChI=1S/C19H23N5.2C2HF3O2/c1-22-12-17(11-21-22)14-24-8-6-18-19(24)5-7-23(18)13-16-4-2-3-15(9-16)10-20;2*3-2(4,5)1(6)7/h2-4,9,11-12,18-19H,5-8,13-14H2,1H3;2*(H,6,7)/t18-,19+;;/m1../s1. The number of aliphatic carboxylic acids is 2. The van der Waals surface area contributed by atoms with Crippen LogP contribution in [0.25, 0.3) is 0 Å². The molecule has 15 heteroatoms. The molecule has 3 heterocycles. The van der Waals surface area contributed by atoms with Crippen LogP contribution in [0.15, 0.2) is 36.7 Å². The number of hydrogen-bond acceptors (Lipinski definition) is 6. The molecule has 0 aliphatic carbocycles. The maximum Gasteiger partial charge on any atom is 0.490 e. The number of nitriles is 1. The van der Waals surface area contributed by atoms with Gasteiger partial charge in [0.25, 0.3) is 0 Å². The van der Waals surface area contributed by atoms with E-state index in [1.165, 1.54) is 30.5 Å². The Labute approximate surface area is 213 Å². The zero-order valence-corrected chi connectivity index (χ0v) is 20.1. The van der Waals surface area contributed by atoms with Crippen molar-refractivity contribution in [3.05, 3.63) is 53.3 Å². The minimum Gasteiger partial charge on any atom is -0.475 e. The Balaban J connectivity index is 0.000000301. The van der Waals surface area contributed by atoms with Gasteiger partial charge in [-0.25, -0.2) is 9.59 Å². The van der Waals surface area contributed by atoms with Gasteiger partial charge in [-0.3, -0.25) is 14.5 Å². The summed E-state index contributed by atoms with van der Waals surface area (Å²) in [6, 6.07) is 11.6. The van der Waals surface area contributed by atoms with Crippen molar-refractivity contribution in [2.75, 3.05) is 13.1 Å². The summed E-state index contributed by atoms with van der Waals surface area (Å²) in [5, 5.41) is 27.6. The maximum absolute atomic E-state index is 10.6. The van der Waals surface area contributed by atoms with Crippen molar-refractivity contribution in [2.45, 2.75) is 50.4 Å². The van der Waals surface area contributed by atoms with Crippen LogP contribution in [-0.4, -0.2) is 79.3 Å². The van der Waals surface area contributed by atoms with Crippen molar-refractivity contribution < 1.29 is 46.1 Å². The summed E-state index contributed by atoms with van der Waals surface area (Å²) in [5.74, 6) is -5.51. The number of aromatic nitrogens is 2. The van der Waals surface area contributed by atoms with Gasteiger partial charge in [-0.2, -0.15) is 36.7 Å². The average molecular weight is 549 g/mol. The molecular weight excluding hydrogens is 524 g/mol. The van der Waals surface area contributed by atoms with E-state index in [1.807, 2.05) is 36.1 Å². The molecule has 2 aliphatic rings. The van der Waals surface area contributed by atoms with E-state index in [2.05, 4.69) is 33.2 Å². The smallest absolute Gasteiger partial charge is 0.475 e. The number of aryl methyl sites for hydroxylation is 1. The fraction of sp³-hybridized carbons (Fsp3) is 0.478. The van der Waals surface area contributed by atoms with Gasteiger partial charge in [-0.05, 0) is 30.5 Å². The second-order valence-corrected chi connectivity index (χ2v) is 8.59. The molecule has 0 bridgehead atoms. The molecule has 38 heavy (non-hydrogen) atoms. The highest BCUT2D eigenvalue weighted by atomic mass is 19.4. The third-order valence-corrected chi connectivity index (χ3v) is 5.88. The van der Waals surface area contributed by atoms with Gasteiger partial charge in [-0.15, -0.1) is 0 Å². The van der Waals surface area contributed by atoms with Gasteiger partial charge in [0.15, 0.2) is 0 Å². The van der Waals surface area contributed by atoms with Crippen LogP contribution >= 0.6 is 0 Å². The lowest BCUT2D eigenvalue weighted by Gasteiger charge is -2.25. The molecule has 208 valence electrons. The van der Waals surface area contributed by atoms with Gasteiger partial charge in [0, 0.05) is 57.1 Å². The zero-order valence-electron chi connectivity index (χ0n) is 20.1. The monoisotopic (exact) mass is 549 g/mol. The topological polar surface area (TPSA) is 123 Å². The molecular formula is C23H25F6N5O4. The zero-order chi connectivity index (χ0) is 28.7. The van der Waals surface area contributed by atoms with Crippen molar-refractivity contribution in [3.63, 3.8) is 0 Å². The molecule has 0 unspecified atom stereocenters. The van der Waals surface area contributed by atoms with Crippen molar-refractivity contribution in [3.8, 4) is 6.07 Å². The van der Waals surface area contributed by atoms with E-state index in [0.717, 1.165) is 25.2 Å². The summed E-state index contributed by atoms with van der Waals surface area (Å²) >= 11 is 0. The third-order valence-electron chi connectivity index (χ3n) is 5.88. The molecule has 9 nitrogen and oxygen atoms in total. The molecule has 4 rings (SSSR count). The Bertz CT molecular complexity index is 1120. The van der Waals surface area contributed by atoms with Crippen molar-refractivity contribution in [1.82, 2.24) is 19.6 Å². The van der Waals surface area contributed by atoms with Crippen LogP contribution in [0.4, 0.5) is 26.3 Å². The van der Waals surface area contributed by atoms with E-state index in [1.54, 1.807) is 0 Å². The summed E-state index contributed by atoms with van der Waals surface area (Å²) < 4.78 is 65.4. The van der Waals surface area contributed by atoms with Gasteiger partial charge in [0.05, 0.1) is 17.8 Å². The average Bonchev–Trinajstić information content (AvgIpc) is 3.52. The minimum atomic E-state index is -5.08. The first-order chi connectivity index (χ1) is 17.6. The number of carbonyl (C=O) groups is 2. The molecule has 2 N–H and O–H groups in total. The van der Waals surface area contributed by atoms with Crippen LogP contribution in [0, 0.1) is 11.3 Å². The first-order valence-corrected chi connectivity index (χ1v) is 11.2. The Hall–Kier alpha value is -3.64. The van der Waals surface area contributed by atoms with Crippen molar-refractivity contribution >= 4 is 11.9 Å².